The molecule has 2 aromatic carbocycles. The van der Waals surface area contributed by atoms with Crippen molar-refractivity contribution >= 4 is 17.3 Å². The van der Waals surface area contributed by atoms with Crippen molar-refractivity contribution in [2.24, 2.45) is 4.99 Å². The first-order chi connectivity index (χ1) is 14.1. The first-order valence-electron chi connectivity index (χ1n) is 8.62. The molecule has 0 amide bonds. The zero-order chi connectivity index (χ0) is 21.8. The van der Waals surface area contributed by atoms with Gasteiger partial charge in [-0.1, -0.05) is 17.7 Å². The smallest absolute Gasteiger partial charge is 0.302 e. The molecule has 0 bridgehead atoms. The molecule has 4 nitrogen and oxygen atoms in total. The van der Waals surface area contributed by atoms with E-state index in [1.54, 1.807) is 0 Å². The summed E-state index contributed by atoms with van der Waals surface area (Å²) in [4.78, 5) is 19.9. The summed E-state index contributed by atoms with van der Waals surface area (Å²) in [5.74, 6) is -1.95. The van der Waals surface area contributed by atoms with Gasteiger partial charge in [0, 0.05) is 17.8 Å². The molecule has 0 fully saturated rings. The fraction of sp³-hybridized carbons (Fsp3) is 0.150. The SMILES string of the molecule is C[C@@H]1N=C(c2c(F)cccc2F)c2c(ccc(C(F)(F)F)c2Cl)-n2ccc(=O)nc21. The molecular formula is C20H11ClF5N3O. The summed E-state index contributed by atoms with van der Waals surface area (Å²) >= 11 is 6.14. The molecule has 10 heteroatoms. The summed E-state index contributed by atoms with van der Waals surface area (Å²) in [6, 6.07) is 5.11. The lowest BCUT2D eigenvalue weighted by atomic mass is 9.97. The molecule has 0 spiro atoms. The van der Waals surface area contributed by atoms with Crippen LogP contribution in [0.2, 0.25) is 5.02 Å². The van der Waals surface area contributed by atoms with Crippen LogP contribution in [0.5, 0.6) is 0 Å². The van der Waals surface area contributed by atoms with Crippen LogP contribution in [0.25, 0.3) is 5.69 Å². The van der Waals surface area contributed by atoms with Crippen LogP contribution < -0.4 is 5.56 Å². The summed E-state index contributed by atoms with van der Waals surface area (Å²) < 4.78 is 71.0. The van der Waals surface area contributed by atoms with Gasteiger partial charge in [0.15, 0.2) is 0 Å². The Morgan fingerprint density at radius 2 is 1.70 bits per heavy atom. The maximum atomic E-state index is 14.6. The molecule has 0 N–H and O–H groups in total. The average Bonchev–Trinajstić information content (AvgIpc) is 2.76. The van der Waals surface area contributed by atoms with Crippen molar-refractivity contribution in [1.82, 2.24) is 9.55 Å². The van der Waals surface area contributed by atoms with Crippen LogP contribution in [-0.4, -0.2) is 15.3 Å². The van der Waals surface area contributed by atoms with Crippen LogP contribution in [0.15, 0.2) is 52.4 Å². The number of aromatic nitrogens is 2. The molecule has 1 aliphatic rings. The Balaban J connectivity index is 2.17. The molecule has 1 aromatic heterocycles. The third-order valence-corrected chi connectivity index (χ3v) is 5.05. The average molecular weight is 440 g/mol. The molecule has 0 aliphatic carbocycles. The molecule has 154 valence electrons. The van der Waals surface area contributed by atoms with Gasteiger partial charge in [-0.05, 0) is 31.2 Å². The highest BCUT2D eigenvalue weighted by Gasteiger charge is 2.37. The van der Waals surface area contributed by atoms with E-state index in [0.717, 1.165) is 36.4 Å². The summed E-state index contributed by atoms with van der Waals surface area (Å²) in [6.45, 7) is 1.50. The second-order valence-corrected chi connectivity index (χ2v) is 6.94. The predicted octanol–water partition coefficient (Wildman–Crippen LogP) is 5.09. The van der Waals surface area contributed by atoms with E-state index >= 15 is 0 Å². The number of hydrogen-bond acceptors (Lipinski definition) is 3. The van der Waals surface area contributed by atoms with Gasteiger partial charge in [-0.25, -0.2) is 8.78 Å². The monoisotopic (exact) mass is 439 g/mol. The number of hydrogen-bond donors (Lipinski definition) is 0. The lowest BCUT2D eigenvalue weighted by Gasteiger charge is -2.19. The molecule has 0 saturated carbocycles. The van der Waals surface area contributed by atoms with E-state index in [2.05, 4.69) is 9.98 Å². The number of benzene rings is 2. The Bertz CT molecular complexity index is 1250. The van der Waals surface area contributed by atoms with E-state index in [-0.39, 0.29) is 17.1 Å². The van der Waals surface area contributed by atoms with Gasteiger partial charge >= 0.3 is 6.18 Å². The largest absolute Gasteiger partial charge is 0.417 e. The van der Waals surface area contributed by atoms with Crippen LogP contribution >= 0.6 is 11.6 Å². The minimum absolute atomic E-state index is 0.0567. The fourth-order valence-corrected chi connectivity index (χ4v) is 3.71. The fourth-order valence-electron chi connectivity index (χ4n) is 3.36. The van der Waals surface area contributed by atoms with Crippen molar-refractivity contribution in [1.29, 1.82) is 0 Å². The van der Waals surface area contributed by atoms with Crippen molar-refractivity contribution in [3.8, 4) is 5.69 Å². The highest BCUT2D eigenvalue weighted by atomic mass is 35.5. The van der Waals surface area contributed by atoms with E-state index in [9.17, 15) is 26.7 Å². The van der Waals surface area contributed by atoms with E-state index in [4.69, 9.17) is 11.6 Å². The Morgan fingerprint density at radius 3 is 2.33 bits per heavy atom. The molecule has 4 rings (SSSR count). The van der Waals surface area contributed by atoms with Gasteiger partial charge in [0.2, 0.25) is 0 Å². The van der Waals surface area contributed by atoms with Gasteiger partial charge in [0.25, 0.3) is 5.56 Å². The second-order valence-electron chi connectivity index (χ2n) is 6.56. The quantitative estimate of drug-likeness (QED) is 0.496. The van der Waals surface area contributed by atoms with Crippen LogP contribution in [0, 0.1) is 11.6 Å². The van der Waals surface area contributed by atoms with Gasteiger partial charge < -0.3 is 4.57 Å². The minimum atomic E-state index is -4.81. The Hall–Kier alpha value is -3.07. The zero-order valence-corrected chi connectivity index (χ0v) is 15.9. The molecule has 1 atom stereocenters. The maximum Gasteiger partial charge on any atom is 0.417 e. The number of rotatable bonds is 1. The highest BCUT2D eigenvalue weighted by Crippen LogP contribution is 2.41. The van der Waals surface area contributed by atoms with Crippen molar-refractivity contribution in [2.45, 2.75) is 19.1 Å². The summed E-state index contributed by atoms with van der Waals surface area (Å²) in [5.41, 5.74) is -3.06. The van der Waals surface area contributed by atoms with E-state index in [1.807, 2.05) is 0 Å². The summed E-state index contributed by atoms with van der Waals surface area (Å²) in [6.07, 6.45) is -3.51. The van der Waals surface area contributed by atoms with Crippen LogP contribution in [-0.2, 0) is 6.18 Å². The highest BCUT2D eigenvalue weighted by molar-refractivity contribution is 6.37. The third kappa shape index (κ3) is 3.19. The molecule has 0 radical (unpaired) electrons. The summed E-state index contributed by atoms with van der Waals surface area (Å²) in [5, 5.41) is -0.764. The second kappa shape index (κ2) is 7.02. The minimum Gasteiger partial charge on any atom is -0.302 e. The number of aliphatic imine (C=N–C) groups is 1. The van der Waals surface area contributed by atoms with Gasteiger partial charge in [-0.15, -0.1) is 0 Å². The Kier molecular flexibility index (Phi) is 4.73. The Labute approximate surface area is 171 Å². The first-order valence-corrected chi connectivity index (χ1v) is 8.99. The van der Waals surface area contributed by atoms with Gasteiger partial charge in [0.05, 0.1) is 27.5 Å². The van der Waals surface area contributed by atoms with Gasteiger partial charge in [-0.3, -0.25) is 9.79 Å². The number of fused-ring (bicyclic) bond motifs is 3. The number of nitrogens with zero attached hydrogens (tertiary/aromatic N) is 3. The Morgan fingerprint density at radius 1 is 1.03 bits per heavy atom. The molecule has 3 aromatic rings. The van der Waals surface area contributed by atoms with Crippen molar-refractivity contribution in [3.63, 3.8) is 0 Å². The molecule has 2 heterocycles. The molecule has 0 unspecified atom stereocenters. The van der Waals surface area contributed by atoms with Crippen LogP contribution in [0.3, 0.4) is 0 Å². The molecule has 30 heavy (non-hydrogen) atoms. The first kappa shape index (κ1) is 20.2. The lowest BCUT2D eigenvalue weighted by molar-refractivity contribution is -0.137. The molecule has 0 saturated heterocycles. The van der Waals surface area contributed by atoms with Gasteiger partial charge in [0.1, 0.15) is 23.5 Å². The van der Waals surface area contributed by atoms with Crippen molar-refractivity contribution < 1.29 is 22.0 Å². The van der Waals surface area contributed by atoms with Crippen LogP contribution in [0.4, 0.5) is 22.0 Å². The normalized spacial score (nSPS) is 15.8. The summed E-state index contributed by atoms with van der Waals surface area (Å²) in [7, 11) is 0. The maximum absolute atomic E-state index is 14.6. The third-order valence-electron chi connectivity index (χ3n) is 4.66. The molecule has 1 aliphatic heterocycles. The van der Waals surface area contributed by atoms with E-state index < -0.39 is 51.3 Å². The van der Waals surface area contributed by atoms with E-state index in [0.29, 0.717) is 0 Å². The number of halogens is 6. The van der Waals surface area contributed by atoms with Crippen molar-refractivity contribution in [3.05, 3.63) is 92.1 Å². The zero-order valence-electron chi connectivity index (χ0n) is 15.1. The van der Waals surface area contributed by atoms with E-state index in [1.165, 1.54) is 17.7 Å². The predicted molar refractivity (Wildman–Crippen MR) is 100 cm³/mol. The topological polar surface area (TPSA) is 47.2 Å². The van der Waals surface area contributed by atoms with Crippen LogP contribution in [0.1, 0.15) is 35.5 Å². The number of alkyl halides is 3. The standard InChI is InChI=1S/C20H11ClF5N3O/c1-9-19-28-14(30)7-8-29(19)13-6-5-10(20(24,25)26)17(21)16(13)18(27-9)15-11(22)3-2-4-12(15)23/h2-9H,1H3/t9-/m0/s1. The molecular weight excluding hydrogens is 429 g/mol. The van der Waals surface area contributed by atoms with Gasteiger partial charge in [-0.2, -0.15) is 18.2 Å². The lowest BCUT2D eigenvalue weighted by Crippen LogP contribution is -2.17. The van der Waals surface area contributed by atoms with Crippen molar-refractivity contribution in [2.75, 3.05) is 0 Å².